The fraction of sp³-hybridized carbons (Fsp3) is 0.125. The van der Waals surface area contributed by atoms with E-state index in [1.165, 1.54) is 0 Å². The molecule has 0 saturated heterocycles. The first-order chi connectivity index (χ1) is 14.0. The third-order valence-electron chi connectivity index (χ3n) is 4.21. The van der Waals surface area contributed by atoms with E-state index in [1.807, 2.05) is 0 Å². The normalized spacial score (nSPS) is 14.5. The molecule has 12 nitrogen and oxygen atoms in total. The van der Waals surface area contributed by atoms with Crippen molar-refractivity contribution in [1.82, 2.24) is 0 Å². The van der Waals surface area contributed by atoms with Gasteiger partial charge in [-0.1, -0.05) is 0 Å². The van der Waals surface area contributed by atoms with E-state index in [4.69, 9.17) is 0 Å². The molecule has 1 heterocycles. The number of rotatable bonds is 4. The van der Waals surface area contributed by atoms with Crippen LogP contribution in [0.1, 0.15) is 13.8 Å². The molecule has 3 rings (SSSR count). The molecule has 0 saturated carbocycles. The van der Waals surface area contributed by atoms with E-state index in [-0.39, 0.29) is 11.1 Å². The first-order valence-corrected chi connectivity index (χ1v) is 12.5. The Balaban J connectivity index is 2.45. The average molecular weight is 490 g/mol. The highest BCUT2D eigenvalue weighted by atomic mass is 32.2. The molecule has 0 radical (unpaired) electrons. The van der Waals surface area contributed by atoms with Crippen LogP contribution in [0.25, 0.3) is 11.1 Å². The summed E-state index contributed by atoms with van der Waals surface area (Å²) in [7, 11) is -14.2. The van der Waals surface area contributed by atoms with Gasteiger partial charge in [-0.15, -0.1) is 0 Å². The molecule has 2 aromatic rings. The molecule has 2 amide bonds. The van der Waals surface area contributed by atoms with Crippen LogP contribution in [0.15, 0.2) is 43.8 Å². The van der Waals surface area contributed by atoms with Crippen molar-refractivity contribution in [2.24, 2.45) is 0 Å². The minimum atomic E-state index is -4.94. The first-order valence-electron chi connectivity index (χ1n) is 8.15. The van der Waals surface area contributed by atoms with Crippen LogP contribution in [0.4, 0.5) is 11.4 Å². The van der Waals surface area contributed by atoms with Crippen molar-refractivity contribution >= 4 is 53.3 Å². The highest BCUT2D eigenvalue weighted by Gasteiger charge is 2.38. The molecular weight excluding hydrogens is 476 g/mol. The summed E-state index contributed by atoms with van der Waals surface area (Å²) in [5.41, 5.74) is -1.61. The zero-order chi connectivity index (χ0) is 23.5. The van der Waals surface area contributed by atoms with Crippen LogP contribution in [0.2, 0.25) is 0 Å². The summed E-state index contributed by atoms with van der Waals surface area (Å²) in [5, 5.41) is 4.22. The minimum absolute atomic E-state index is 0.295. The number of amides is 2. The number of hydrogen-bond donors (Lipinski definition) is 4. The Kier molecular flexibility index (Phi) is 5.23. The molecule has 2 aromatic carbocycles. The molecule has 1 aliphatic rings. The van der Waals surface area contributed by atoms with Gasteiger partial charge in [0.25, 0.3) is 20.2 Å². The van der Waals surface area contributed by atoms with E-state index in [1.54, 1.807) is 0 Å². The van der Waals surface area contributed by atoms with Gasteiger partial charge in [-0.25, -0.2) is 8.42 Å². The highest BCUT2D eigenvalue weighted by Crippen LogP contribution is 2.48. The zero-order valence-electron chi connectivity index (χ0n) is 15.7. The largest absolute Gasteiger partial charge is 0.325 e. The predicted octanol–water partition coefficient (Wildman–Crippen LogP) is 0.910. The number of fused-ring (bicyclic) bond motifs is 3. The summed E-state index contributed by atoms with van der Waals surface area (Å²) in [4.78, 5) is 20.2. The van der Waals surface area contributed by atoms with Crippen LogP contribution in [0.5, 0.6) is 0 Å². The number of hydrogen-bond acceptors (Lipinski definition) is 8. The quantitative estimate of drug-likeness (QED) is 0.381. The summed E-state index contributed by atoms with van der Waals surface area (Å²) in [6, 6.07) is 3.12. The third-order valence-corrected chi connectivity index (χ3v) is 7.83. The first kappa shape index (κ1) is 22.8. The number of carbonyl (C=O) groups excluding carboxylic acids is 2. The Morgan fingerprint density at radius 1 is 0.742 bits per heavy atom. The number of anilines is 2. The maximum Gasteiger partial charge on any atom is 0.296 e. The fourth-order valence-corrected chi connectivity index (χ4v) is 6.11. The molecular formula is C16H14N2O10S3. The summed E-state index contributed by atoms with van der Waals surface area (Å²) >= 11 is 0. The molecule has 0 spiro atoms. The molecule has 0 aromatic heterocycles. The number of nitrogens with one attached hydrogen (secondary N) is 2. The lowest BCUT2D eigenvalue weighted by Crippen LogP contribution is -2.12. The van der Waals surface area contributed by atoms with Crippen LogP contribution in [-0.4, -0.2) is 46.2 Å². The number of benzene rings is 2. The molecule has 15 heteroatoms. The molecule has 1 aliphatic heterocycles. The van der Waals surface area contributed by atoms with E-state index in [2.05, 4.69) is 10.6 Å². The molecule has 0 fully saturated rings. The van der Waals surface area contributed by atoms with Gasteiger partial charge in [0.2, 0.25) is 21.7 Å². The van der Waals surface area contributed by atoms with Crippen molar-refractivity contribution in [1.29, 1.82) is 0 Å². The average Bonchev–Trinajstić information content (AvgIpc) is 2.78. The van der Waals surface area contributed by atoms with Crippen LogP contribution >= 0.6 is 0 Å². The topological polar surface area (TPSA) is 201 Å². The smallest absolute Gasteiger partial charge is 0.296 e. The monoisotopic (exact) mass is 490 g/mol. The Labute approximate surface area is 176 Å². The van der Waals surface area contributed by atoms with Crippen molar-refractivity contribution in [2.75, 3.05) is 10.6 Å². The molecule has 0 unspecified atom stereocenters. The second kappa shape index (κ2) is 7.10. The van der Waals surface area contributed by atoms with Crippen molar-refractivity contribution in [3.8, 4) is 11.1 Å². The molecule has 0 aliphatic carbocycles. The molecule has 0 atom stereocenters. The van der Waals surface area contributed by atoms with Gasteiger partial charge >= 0.3 is 0 Å². The summed E-state index contributed by atoms with van der Waals surface area (Å²) in [6.45, 7) is 2.06. The lowest BCUT2D eigenvalue weighted by molar-refractivity contribution is -0.115. The van der Waals surface area contributed by atoms with Gasteiger partial charge in [0.1, 0.15) is 9.79 Å². The Morgan fingerprint density at radius 3 is 1.32 bits per heavy atom. The highest BCUT2D eigenvalue weighted by molar-refractivity contribution is 7.92. The second-order valence-corrected chi connectivity index (χ2v) is 11.2. The summed E-state index contributed by atoms with van der Waals surface area (Å²) in [5.74, 6) is -1.50. The molecule has 4 N–H and O–H groups in total. The third kappa shape index (κ3) is 4.05. The van der Waals surface area contributed by atoms with Gasteiger partial charge < -0.3 is 10.6 Å². The van der Waals surface area contributed by atoms with Crippen LogP contribution in [0.3, 0.4) is 0 Å². The summed E-state index contributed by atoms with van der Waals surface area (Å²) < 4.78 is 92.2. The Hall–Kier alpha value is -2.85. The Bertz CT molecular complexity index is 1380. The van der Waals surface area contributed by atoms with E-state index in [9.17, 15) is 43.9 Å². The van der Waals surface area contributed by atoms with E-state index >= 15 is 0 Å². The lowest BCUT2D eigenvalue weighted by Gasteiger charge is -2.11. The van der Waals surface area contributed by atoms with Gasteiger partial charge in [-0.3, -0.25) is 18.7 Å². The van der Waals surface area contributed by atoms with Crippen molar-refractivity contribution < 1.29 is 43.9 Å². The van der Waals surface area contributed by atoms with Crippen LogP contribution in [-0.2, 0) is 39.7 Å². The molecule has 0 bridgehead atoms. The van der Waals surface area contributed by atoms with Crippen molar-refractivity contribution in [3.05, 3.63) is 24.3 Å². The summed E-state index contributed by atoms with van der Waals surface area (Å²) in [6.07, 6.45) is 0. The van der Waals surface area contributed by atoms with Gasteiger partial charge in [0.05, 0.1) is 21.2 Å². The fourth-order valence-electron chi connectivity index (χ4n) is 3.11. The predicted molar refractivity (Wildman–Crippen MR) is 106 cm³/mol. The van der Waals surface area contributed by atoms with E-state index in [0.717, 1.165) is 38.1 Å². The second-order valence-electron chi connectivity index (χ2n) is 6.50. The molecule has 31 heavy (non-hydrogen) atoms. The van der Waals surface area contributed by atoms with Crippen molar-refractivity contribution in [2.45, 2.75) is 33.4 Å². The van der Waals surface area contributed by atoms with E-state index < -0.39 is 72.8 Å². The van der Waals surface area contributed by atoms with Gasteiger partial charge in [0.15, 0.2) is 0 Å². The van der Waals surface area contributed by atoms with Gasteiger partial charge in [0, 0.05) is 25.0 Å². The van der Waals surface area contributed by atoms with Crippen LogP contribution in [0, 0.1) is 0 Å². The maximum absolute atomic E-state index is 13.0. The Morgan fingerprint density at radius 2 is 1.06 bits per heavy atom. The van der Waals surface area contributed by atoms with E-state index in [0.29, 0.717) is 0 Å². The SMILES string of the molecule is CC(=O)Nc1cc2c(cc1S(=O)(=O)O)-c1cc(S(=O)(=O)O)c(NC(C)=O)cc1S2(=O)=O. The van der Waals surface area contributed by atoms with Gasteiger partial charge in [-0.2, -0.15) is 16.8 Å². The zero-order valence-corrected chi connectivity index (χ0v) is 18.1. The minimum Gasteiger partial charge on any atom is -0.325 e. The standard InChI is InChI=1S/C16H14N2O10S3/c1-7(19)17-11-5-13-9(3-15(11)30(23,24)25)10-4-16(31(26,27)28)12(18-8(2)20)6-14(10)29(13,21)22/h3-6H,1-2H3,(H,17,19)(H,18,20)(H,23,24,25)(H,26,27,28). The number of sulfone groups is 1. The van der Waals surface area contributed by atoms with Gasteiger partial charge in [-0.05, 0) is 24.3 Å². The lowest BCUT2D eigenvalue weighted by atomic mass is 10.0. The maximum atomic E-state index is 13.0. The van der Waals surface area contributed by atoms with Crippen LogP contribution < -0.4 is 10.6 Å². The number of carbonyl (C=O) groups is 2. The van der Waals surface area contributed by atoms with Crippen molar-refractivity contribution in [3.63, 3.8) is 0 Å². The molecule has 166 valence electrons.